The summed E-state index contributed by atoms with van der Waals surface area (Å²) in [6, 6.07) is 11.0. The number of rotatable bonds is 4. The second-order valence-corrected chi connectivity index (χ2v) is 5.97. The Labute approximate surface area is 166 Å². The monoisotopic (exact) mass is 378 g/mol. The molecule has 0 heterocycles. The molecule has 3 heteroatoms. The number of halogens is 1. The molecule has 0 aliphatic rings. The Hall–Kier alpha value is -2.03. The fraction of sp³-hybridized carbons (Fsp3) is 0.500. The van der Waals surface area contributed by atoms with Crippen molar-refractivity contribution in [1.82, 2.24) is 0 Å². The Morgan fingerprint density at radius 1 is 0.815 bits per heavy atom. The first-order chi connectivity index (χ1) is 12.9. The van der Waals surface area contributed by atoms with Crippen molar-refractivity contribution in [3.63, 3.8) is 0 Å². The van der Waals surface area contributed by atoms with Gasteiger partial charge in [-0.25, -0.2) is 4.39 Å². The van der Waals surface area contributed by atoms with E-state index in [-0.39, 0.29) is 5.82 Å². The number of aryl methyl sites for hydroxylation is 1. The number of methoxy groups -OCH3 is 1. The zero-order valence-corrected chi connectivity index (χ0v) is 18.9. The van der Waals surface area contributed by atoms with E-state index in [9.17, 15) is 4.39 Å². The van der Waals surface area contributed by atoms with Crippen molar-refractivity contribution in [1.29, 1.82) is 0 Å². The lowest BCUT2D eigenvalue weighted by Crippen LogP contribution is -2.05. The highest BCUT2D eigenvalue weighted by Crippen LogP contribution is 2.21. The molecule has 2 aromatic rings. The second kappa shape index (κ2) is 16.2. The Morgan fingerprint density at radius 2 is 1.33 bits per heavy atom. The maximum atomic E-state index is 12.7. The summed E-state index contributed by atoms with van der Waals surface area (Å²) in [5, 5.41) is 0. The summed E-state index contributed by atoms with van der Waals surface area (Å²) in [4.78, 5) is 0. The van der Waals surface area contributed by atoms with Crippen LogP contribution >= 0.6 is 0 Å². The van der Waals surface area contributed by atoms with Crippen LogP contribution in [0.15, 0.2) is 36.4 Å². The van der Waals surface area contributed by atoms with Gasteiger partial charge in [-0.05, 0) is 56.0 Å². The molecule has 0 aliphatic heterocycles. The summed E-state index contributed by atoms with van der Waals surface area (Å²) in [6.45, 7) is 19.0. The number of hydrogen-bond acceptors (Lipinski definition) is 2. The Kier molecular flexibility index (Phi) is 16.3. The quantitative estimate of drug-likeness (QED) is 0.547. The van der Waals surface area contributed by atoms with E-state index in [2.05, 4.69) is 33.8 Å². The van der Waals surface area contributed by atoms with Crippen LogP contribution in [0.25, 0.3) is 0 Å². The molecule has 2 nitrogen and oxygen atoms in total. The molecule has 0 amide bonds. The van der Waals surface area contributed by atoms with Crippen molar-refractivity contribution in [2.75, 3.05) is 13.7 Å². The van der Waals surface area contributed by atoms with E-state index in [0.717, 1.165) is 12.4 Å². The van der Waals surface area contributed by atoms with Gasteiger partial charge in [-0.2, -0.15) is 0 Å². The maximum absolute atomic E-state index is 12.7. The third-order valence-corrected chi connectivity index (χ3v) is 3.57. The molecule has 0 aromatic heterocycles. The van der Waals surface area contributed by atoms with Gasteiger partial charge in [0.25, 0.3) is 0 Å². The van der Waals surface area contributed by atoms with Gasteiger partial charge in [-0.15, -0.1) is 0 Å². The van der Waals surface area contributed by atoms with Gasteiger partial charge < -0.3 is 9.47 Å². The lowest BCUT2D eigenvalue weighted by Gasteiger charge is -2.12. The fourth-order valence-corrected chi connectivity index (χ4v) is 1.95. The highest BCUT2D eigenvalue weighted by molar-refractivity contribution is 5.38. The highest BCUT2D eigenvalue weighted by atomic mass is 19.1. The molecule has 0 atom stereocenters. The summed E-state index contributed by atoms with van der Waals surface area (Å²) in [7, 11) is 1.53. The standard InChI is InChI=1S/C12H18O.C8H9FO.2C2H6/c1-9(2)8-13-12-7-5-6-10(3)11(12)4;1-6-7(9)4-3-5-8(6)10-2;2*1-2/h5-7,9H,8H2,1-4H3;3-5H,1-2H3;2*1-2H3. The normalized spacial score (nSPS) is 9.04. The minimum atomic E-state index is -0.223. The molecule has 154 valence electrons. The van der Waals surface area contributed by atoms with Crippen LogP contribution in [0, 0.1) is 32.5 Å². The van der Waals surface area contributed by atoms with E-state index >= 15 is 0 Å². The third kappa shape index (κ3) is 10.6. The smallest absolute Gasteiger partial charge is 0.129 e. The van der Waals surface area contributed by atoms with Gasteiger partial charge in [0.05, 0.1) is 13.7 Å². The molecule has 2 aromatic carbocycles. The van der Waals surface area contributed by atoms with Crippen LogP contribution < -0.4 is 9.47 Å². The van der Waals surface area contributed by atoms with E-state index in [1.54, 1.807) is 19.1 Å². The summed E-state index contributed by atoms with van der Waals surface area (Å²) >= 11 is 0. The lowest BCUT2D eigenvalue weighted by atomic mass is 10.1. The molecule has 27 heavy (non-hydrogen) atoms. The van der Waals surface area contributed by atoms with Gasteiger partial charge in [0.1, 0.15) is 17.3 Å². The molecular weight excluding hydrogens is 339 g/mol. The SMILES string of the molecule is CC.CC.COc1cccc(F)c1C.Cc1cccc(OCC(C)C)c1C. The zero-order valence-electron chi connectivity index (χ0n) is 18.9. The van der Waals surface area contributed by atoms with Crippen molar-refractivity contribution in [3.8, 4) is 11.5 Å². The van der Waals surface area contributed by atoms with Crippen LogP contribution in [0.3, 0.4) is 0 Å². The largest absolute Gasteiger partial charge is 0.496 e. The zero-order chi connectivity index (χ0) is 21.4. The van der Waals surface area contributed by atoms with Crippen LogP contribution in [0.5, 0.6) is 11.5 Å². The van der Waals surface area contributed by atoms with E-state index in [4.69, 9.17) is 9.47 Å². The van der Waals surface area contributed by atoms with Gasteiger partial charge in [0, 0.05) is 5.56 Å². The third-order valence-electron chi connectivity index (χ3n) is 3.57. The van der Waals surface area contributed by atoms with E-state index < -0.39 is 0 Å². The van der Waals surface area contributed by atoms with Crippen LogP contribution in [-0.2, 0) is 0 Å². The van der Waals surface area contributed by atoms with Gasteiger partial charge in [-0.1, -0.05) is 59.7 Å². The summed E-state index contributed by atoms with van der Waals surface area (Å²) in [5.74, 6) is 1.98. The minimum absolute atomic E-state index is 0.223. The first-order valence-corrected chi connectivity index (χ1v) is 9.85. The molecule has 0 unspecified atom stereocenters. The second-order valence-electron chi connectivity index (χ2n) is 5.97. The number of hydrogen-bond donors (Lipinski definition) is 0. The summed E-state index contributed by atoms with van der Waals surface area (Å²) < 4.78 is 23.3. The molecule has 0 spiro atoms. The molecule has 0 radical (unpaired) electrons. The predicted molar refractivity (Wildman–Crippen MR) is 117 cm³/mol. The predicted octanol–water partition coefficient (Wildman–Crippen LogP) is 7.53. The number of benzene rings is 2. The minimum Gasteiger partial charge on any atom is -0.496 e. The molecule has 0 bridgehead atoms. The molecule has 0 fully saturated rings. The highest BCUT2D eigenvalue weighted by Gasteiger charge is 2.02. The van der Waals surface area contributed by atoms with Gasteiger partial charge in [-0.3, -0.25) is 0 Å². The van der Waals surface area contributed by atoms with Crippen LogP contribution in [-0.4, -0.2) is 13.7 Å². The Morgan fingerprint density at radius 3 is 1.81 bits per heavy atom. The van der Waals surface area contributed by atoms with E-state index in [1.165, 1.54) is 24.3 Å². The molecule has 0 saturated heterocycles. The lowest BCUT2D eigenvalue weighted by molar-refractivity contribution is 0.269. The van der Waals surface area contributed by atoms with Crippen molar-refractivity contribution in [2.45, 2.75) is 62.3 Å². The summed E-state index contributed by atoms with van der Waals surface area (Å²) in [6.07, 6.45) is 0. The average Bonchev–Trinajstić information content (AvgIpc) is 2.69. The number of ether oxygens (including phenoxy) is 2. The Balaban J connectivity index is 0. The first-order valence-electron chi connectivity index (χ1n) is 9.85. The molecule has 0 N–H and O–H groups in total. The molecule has 0 saturated carbocycles. The van der Waals surface area contributed by atoms with E-state index in [1.807, 2.05) is 39.8 Å². The topological polar surface area (TPSA) is 18.5 Å². The van der Waals surface area contributed by atoms with Crippen molar-refractivity contribution < 1.29 is 13.9 Å². The van der Waals surface area contributed by atoms with Crippen molar-refractivity contribution in [3.05, 3.63) is 58.9 Å². The van der Waals surface area contributed by atoms with Crippen molar-refractivity contribution in [2.24, 2.45) is 5.92 Å². The van der Waals surface area contributed by atoms with E-state index in [0.29, 0.717) is 17.2 Å². The van der Waals surface area contributed by atoms with Crippen LogP contribution in [0.1, 0.15) is 58.2 Å². The van der Waals surface area contributed by atoms with Crippen LogP contribution in [0.4, 0.5) is 4.39 Å². The Bertz CT molecular complexity index is 622. The van der Waals surface area contributed by atoms with Gasteiger partial charge in [0.2, 0.25) is 0 Å². The fourth-order valence-electron chi connectivity index (χ4n) is 1.95. The van der Waals surface area contributed by atoms with Gasteiger partial charge in [0.15, 0.2) is 0 Å². The average molecular weight is 379 g/mol. The maximum Gasteiger partial charge on any atom is 0.129 e. The molecular formula is C24H39FO2. The van der Waals surface area contributed by atoms with Crippen molar-refractivity contribution >= 4 is 0 Å². The molecule has 2 rings (SSSR count). The molecule has 0 aliphatic carbocycles. The first kappa shape index (κ1) is 27.2. The van der Waals surface area contributed by atoms with Gasteiger partial charge >= 0.3 is 0 Å². The van der Waals surface area contributed by atoms with Crippen LogP contribution in [0.2, 0.25) is 0 Å². The summed E-state index contributed by atoms with van der Waals surface area (Å²) in [5.41, 5.74) is 3.11.